The van der Waals surface area contributed by atoms with Crippen molar-refractivity contribution in [1.29, 1.82) is 0 Å². The fraction of sp³-hybridized carbons (Fsp3) is 0.625. The van der Waals surface area contributed by atoms with Gasteiger partial charge < -0.3 is 10.1 Å². The number of benzene rings is 1. The van der Waals surface area contributed by atoms with Crippen LogP contribution >= 0.6 is 0 Å². The summed E-state index contributed by atoms with van der Waals surface area (Å²) in [4.78, 5) is 0. The third kappa shape index (κ3) is 4.43. The average molecular weight is 247 g/mol. The van der Waals surface area contributed by atoms with Gasteiger partial charge in [0.05, 0.1) is 6.61 Å². The molecule has 1 aliphatic carbocycles. The summed E-state index contributed by atoms with van der Waals surface area (Å²) >= 11 is 0. The molecular formula is C16H25NO. The van der Waals surface area contributed by atoms with E-state index in [4.69, 9.17) is 4.74 Å². The quantitative estimate of drug-likeness (QED) is 0.759. The molecule has 0 aliphatic heterocycles. The average Bonchev–Trinajstić information content (AvgIpc) is 3.19. The predicted molar refractivity (Wildman–Crippen MR) is 75.4 cm³/mol. The minimum Gasteiger partial charge on any atom is -0.380 e. The predicted octanol–water partition coefficient (Wildman–Crippen LogP) is 3.50. The molecule has 2 heteroatoms. The van der Waals surface area contributed by atoms with Crippen LogP contribution in [0, 0.1) is 5.92 Å². The zero-order valence-electron chi connectivity index (χ0n) is 11.6. The van der Waals surface area contributed by atoms with Gasteiger partial charge in [0.1, 0.15) is 0 Å². The van der Waals surface area contributed by atoms with E-state index in [-0.39, 0.29) is 0 Å². The minimum atomic E-state index is 0.684. The van der Waals surface area contributed by atoms with Gasteiger partial charge in [-0.2, -0.15) is 0 Å². The van der Waals surface area contributed by atoms with Crippen LogP contribution in [0.1, 0.15) is 43.7 Å². The SMILES string of the molecule is CCC(CC1CC1)NCc1cccc(COC)c1. The first kappa shape index (κ1) is 13.6. The van der Waals surface area contributed by atoms with Gasteiger partial charge in [0, 0.05) is 19.7 Å². The Morgan fingerprint density at radius 1 is 1.33 bits per heavy atom. The lowest BCUT2D eigenvalue weighted by Crippen LogP contribution is -2.28. The van der Waals surface area contributed by atoms with Crippen LogP contribution in [-0.4, -0.2) is 13.2 Å². The van der Waals surface area contributed by atoms with Gasteiger partial charge in [0.25, 0.3) is 0 Å². The van der Waals surface area contributed by atoms with Crippen molar-refractivity contribution in [3.8, 4) is 0 Å². The monoisotopic (exact) mass is 247 g/mol. The molecule has 0 bridgehead atoms. The molecule has 2 nitrogen and oxygen atoms in total. The molecule has 0 aromatic heterocycles. The van der Waals surface area contributed by atoms with Gasteiger partial charge in [-0.1, -0.05) is 44.0 Å². The molecule has 0 heterocycles. The van der Waals surface area contributed by atoms with Crippen molar-refractivity contribution >= 4 is 0 Å². The van der Waals surface area contributed by atoms with E-state index in [1.807, 2.05) is 0 Å². The van der Waals surface area contributed by atoms with Gasteiger partial charge in [-0.25, -0.2) is 0 Å². The molecule has 1 fully saturated rings. The van der Waals surface area contributed by atoms with Gasteiger partial charge in [0.2, 0.25) is 0 Å². The molecule has 1 saturated carbocycles. The minimum absolute atomic E-state index is 0.684. The van der Waals surface area contributed by atoms with Crippen LogP contribution in [-0.2, 0) is 17.9 Å². The zero-order valence-corrected chi connectivity index (χ0v) is 11.6. The number of rotatable bonds is 8. The molecule has 18 heavy (non-hydrogen) atoms. The maximum absolute atomic E-state index is 5.17. The lowest BCUT2D eigenvalue weighted by atomic mass is 10.1. The van der Waals surface area contributed by atoms with Crippen molar-refractivity contribution in [2.45, 2.75) is 51.8 Å². The highest BCUT2D eigenvalue weighted by Crippen LogP contribution is 2.34. The summed E-state index contributed by atoms with van der Waals surface area (Å²) in [5, 5.41) is 3.69. The van der Waals surface area contributed by atoms with E-state index in [9.17, 15) is 0 Å². The largest absolute Gasteiger partial charge is 0.380 e. The van der Waals surface area contributed by atoms with Crippen molar-refractivity contribution in [2.24, 2.45) is 5.92 Å². The van der Waals surface area contributed by atoms with Gasteiger partial charge in [-0.3, -0.25) is 0 Å². The smallest absolute Gasteiger partial charge is 0.0713 e. The molecule has 100 valence electrons. The van der Waals surface area contributed by atoms with E-state index in [0.29, 0.717) is 12.6 Å². The first-order valence-corrected chi connectivity index (χ1v) is 7.12. The number of hydrogen-bond donors (Lipinski definition) is 1. The Kier molecular flexibility index (Phi) is 5.21. The van der Waals surface area contributed by atoms with Gasteiger partial charge in [-0.15, -0.1) is 0 Å². The Balaban J connectivity index is 1.81. The molecule has 2 rings (SSSR count). The Hall–Kier alpha value is -0.860. The van der Waals surface area contributed by atoms with Crippen molar-refractivity contribution in [1.82, 2.24) is 5.32 Å². The summed E-state index contributed by atoms with van der Waals surface area (Å²) in [6.45, 7) is 3.96. The van der Waals surface area contributed by atoms with E-state index >= 15 is 0 Å². The zero-order chi connectivity index (χ0) is 12.8. The van der Waals surface area contributed by atoms with Crippen LogP contribution in [0.15, 0.2) is 24.3 Å². The summed E-state index contributed by atoms with van der Waals surface area (Å²) in [5.41, 5.74) is 2.62. The Morgan fingerprint density at radius 2 is 2.11 bits per heavy atom. The third-order valence-electron chi connectivity index (χ3n) is 3.70. The summed E-state index contributed by atoms with van der Waals surface area (Å²) in [6, 6.07) is 9.35. The number of ether oxygens (including phenoxy) is 1. The van der Waals surface area contributed by atoms with Crippen LogP contribution in [0.4, 0.5) is 0 Å². The first-order chi connectivity index (χ1) is 8.81. The first-order valence-electron chi connectivity index (χ1n) is 7.12. The summed E-state index contributed by atoms with van der Waals surface area (Å²) in [7, 11) is 1.74. The molecule has 0 saturated heterocycles. The van der Waals surface area contributed by atoms with Crippen molar-refractivity contribution < 1.29 is 4.74 Å². The lowest BCUT2D eigenvalue weighted by molar-refractivity contribution is 0.185. The van der Waals surface area contributed by atoms with Crippen LogP contribution < -0.4 is 5.32 Å². The molecule has 1 aliphatic rings. The highest BCUT2D eigenvalue weighted by atomic mass is 16.5. The van der Waals surface area contributed by atoms with E-state index in [0.717, 1.165) is 12.5 Å². The second-order valence-electron chi connectivity index (χ2n) is 5.42. The molecule has 1 atom stereocenters. The third-order valence-corrected chi connectivity index (χ3v) is 3.70. The van der Waals surface area contributed by atoms with Crippen molar-refractivity contribution in [3.63, 3.8) is 0 Å². The normalized spacial score (nSPS) is 16.8. The van der Waals surface area contributed by atoms with E-state index < -0.39 is 0 Å². The van der Waals surface area contributed by atoms with Crippen molar-refractivity contribution in [3.05, 3.63) is 35.4 Å². The molecule has 0 spiro atoms. The molecule has 1 unspecified atom stereocenters. The van der Waals surface area contributed by atoms with Gasteiger partial charge in [-0.05, 0) is 29.9 Å². The molecule has 1 aromatic rings. The van der Waals surface area contributed by atoms with E-state index in [1.165, 1.54) is 36.8 Å². The fourth-order valence-corrected chi connectivity index (χ4v) is 2.41. The van der Waals surface area contributed by atoms with Gasteiger partial charge in [0.15, 0.2) is 0 Å². The standard InChI is InChI=1S/C16H25NO/c1-3-16(10-13-7-8-13)17-11-14-5-4-6-15(9-14)12-18-2/h4-6,9,13,16-17H,3,7-8,10-12H2,1-2H3. The number of methoxy groups -OCH3 is 1. The highest BCUT2D eigenvalue weighted by molar-refractivity contribution is 5.22. The van der Waals surface area contributed by atoms with Crippen molar-refractivity contribution in [2.75, 3.05) is 7.11 Å². The maximum Gasteiger partial charge on any atom is 0.0713 e. The molecule has 1 N–H and O–H groups in total. The van der Waals surface area contributed by atoms with Crippen LogP contribution in [0.2, 0.25) is 0 Å². The Bertz CT molecular complexity index is 360. The van der Waals surface area contributed by atoms with Gasteiger partial charge >= 0.3 is 0 Å². The summed E-state index contributed by atoms with van der Waals surface area (Å²) in [6.07, 6.45) is 5.48. The molecular weight excluding hydrogens is 222 g/mol. The Labute approximate surface area is 111 Å². The van der Waals surface area contributed by atoms with Crippen LogP contribution in [0.3, 0.4) is 0 Å². The number of nitrogens with one attached hydrogen (secondary N) is 1. The number of hydrogen-bond acceptors (Lipinski definition) is 2. The van der Waals surface area contributed by atoms with Crippen LogP contribution in [0.5, 0.6) is 0 Å². The molecule has 1 aromatic carbocycles. The van der Waals surface area contributed by atoms with E-state index in [2.05, 4.69) is 36.5 Å². The summed E-state index contributed by atoms with van der Waals surface area (Å²) < 4.78 is 5.17. The molecule has 0 amide bonds. The Morgan fingerprint density at radius 3 is 2.78 bits per heavy atom. The second kappa shape index (κ2) is 6.91. The lowest BCUT2D eigenvalue weighted by Gasteiger charge is -2.17. The summed E-state index contributed by atoms with van der Waals surface area (Å²) in [5.74, 6) is 1.00. The highest BCUT2D eigenvalue weighted by Gasteiger charge is 2.24. The maximum atomic E-state index is 5.17. The fourth-order valence-electron chi connectivity index (χ4n) is 2.41. The second-order valence-corrected chi connectivity index (χ2v) is 5.42. The molecule has 0 radical (unpaired) electrons. The van der Waals surface area contributed by atoms with E-state index in [1.54, 1.807) is 7.11 Å². The topological polar surface area (TPSA) is 21.3 Å². The van der Waals surface area contributed by atoms with Crippen LogP contribution in [0.25, 0.3) is 0 Å².